The highest BCUT2D eigenvalue weighted by Gasteiger charge is 2.10. The smallest absolute Gasteiger partial charge is 0.303 e. The summed E-state index contributed by atoms with van der Waals surface area (Å²) < 4.78 is 14.1. The van der Waals surface area contributed by atoms with E-state index >= 15 is 0 Å². The molecule has 0 fully saturated rings. The van der Waals surface area contributed by atoms with E-state index < -0.39 is 5.97 Å². The van der Waals surface area contributed by atoms with E-state index in [0.717, 1.165) is 10.9 Å². The molecule has 0 saturated heterocycles. The van der Waals surface area contributed by atoms with Crippen LogP contribution < -0.4 is 0 Å². The first-order valence-electron chi connectivity index (χ1n) is 4.74. The van der Waals surface area contributed by atoms with Crippen molar-refractivity contribution in [2.24, 2.45) is 0 Å². The molecule has 84 valence electrons. The zero-order valence-corrected chi connectivity index (χ0v) is 9.84. The average Bonchev–Trinajstić information content (AvgIpc) is 2.58. The number of rotatable bonds is 3. The third kappa shape index (κ3) is 2.09. The average molecular weight is 286 g/mol. The van der Waals surface area contributed by atoms with Gasteiger partial charge in [0.1, 0.15) is 5.82 Å². The van der Waals surface area contributed by atoms with Crippen LogP contribution in [0.3, 0.4) is 0 Å². The lowest BCUT2D eigenvalue weighted by molar-refractivity contribution is -0.136. The van der Waals surface area contributed by atoms with Crippen LogP contribution in [-0.4, -0.2) is 16.1 Å². The highest BCUT2D eigenvalue weighted by Crippen LogP contribution is 2.26. The maximum atomic E-state index is 13.5. The second kappa shape index (κ2) is 4.25. The fourth-order valence-corrected chi connectivity index (χ4v) is 2.09. The number of H-pyrrole nitrogens is 1. The van der Waals surface area contributed by atoms with Crippen LogP contribution in [0.5, 0.6) is 0 Å². The third-order valence-electron chi connectivity index (χ3n) is 2.40. The Balaban J connectivity index is 2.43. The monoisotopic (exact) mass is 285 g/mol. The number of fused-ring (bicyclic) bond motifs is 1. The molecule has 2 N–H and O–H groups in total. The minimum Gasteiger partial charge on any atom is -0.481 e. The number of nitrogens with one attached hydrogen (secondary N) is 1. The molecule has 16 heavy (non-hydrogen) atoms. The molecule has 0 atom stereocenters. The Hall–Kier alpha value is -1.36. The molecule has 2 aromatic rings. The van der Waals surface area contributed by atoms with Crippen molar-refractivity contribution in [1.82, 2.24) is 4.98 Å². The predicted octanol–water partition coefficient (Wildman–Crippen LogP) is 3.09. The van der Waals surface area contributed by atoms with Crippen LogP contribution in [0.4, 0.5) is 4.39 Å². The van der Waals surface area contributed by atoms with Gasteiger partial charge in [0, 0.05) is 22.5 Å². The number of halogens is 2. The van der Waals surface area contributed by atoms with Crippen molar-refractivity contribution in [3.8, 4) is 0 Å². The first-order chi connectivity index (χ1) is 7.58. The molecule has 1 aromatic heterocycles. The quantitative estimate of drug-likeness (QED) is 0.911. The molecule has 2 rings (SSSR count). The van der Waals surface area contributed by atoms with Crippen LogP contribution in [0.15, 0.2) is 22.8 Å². The number of benzene rings is 1. The van der Waals surface area contributed by atoms with Gasteiger partial charge in [-0.05, 0) is 24.1 Å². The lowest BCUT2D eigenvalue weighted by atomic mass is 10.1. The van der Waals surface area contributed by atoms with Crippen molar-refractivity contribution in [3.05, 3.63) is 34.2 Å². The highest BCUT2D eigenvalue weighted by molar-refractivity contribution is 9.10. The molecule has 5 heteroatoms. The maximum absolute atomic E-state index is 13.5. The Labute approximate surface area is 99.4 Å². The second-order valence-electron chi connectivity index (χ2n) is 3.52. The molecule has 0 aliphatic rings. The summed E-state index contributed by atoms with van der Waals surface area (Å²) in [4.78, 5) is 13.3. The van der Waals surface area contributed by atoms with Crippen molar-refractivity contribution in [1.29, 1.82) is 0 Å². The van der Waals surface area contributed by atoms with E-state index in [1.807, 2.05) is 0 Å². The molecule has 0 amide bonds. The molecule has 0 saturated carbocycles. The number of carboxylic acid groups (broad SMARTS) is 1. The lowest BCUT2D eigenvalue weighted by Crippen LogP contribution is -1.96. The van der Waals surface area contributed by atoms with Gasteiger partial charge < -0.3 is 10.1 Å². The highest BCUT2D eigenvalue weighted by atomic mass is 79.9. The number of aromatic nitrogens is 1. The zero-order valence-electron chi connectivity index (χ0n) is 8.26. The van der Waals surface area contributed by atoms with Crippen molar-refractivity contribution in [3.63, 3.8) is 0 Å². The number of aliphatic carboxylic acids is 1. The predicted molar refractivity (Wildman–Crippen MR) is 61.9 cm³/mol. The van der Waals surface area contributed by atoms with Crippen LogP contribution in [0, 0.1) is 5.82 Å². The molecular weight excluding hydrogens is 277 g/mol. The number of carbonyl (C=O) groups is 1. The van der Waals surface area contributed by atoms with Crippen LogP contribution in [0.2, 0.25) is 0 Å². The first-order valence-corrected chi connectivity index (χ1v) is 5.54. The van der Waals surface area contributed by atoms with E-state index in [1.54, 1.807) is 12.3 Å². The Morgan fingerprint density at radius 2 is 2.25 bits per heavy atom. The number of aromatic amines is 1. The molecule has 0 unspecified atom stereocenters. The van der Waals surface area contributed by atoms with Gasteiger partial charge in [0.25, 0.3) is 0 Å². The van der Waals surface area contributed by atoms with Gasteiger partial charge in [-0.2, -0.15) is 0 Å². The molecule has 0 aliphatic heterocycles. The van der Waals surface area contributed by atoms with E-state index in [9.17, 15) is 9.18 Å². The summed E-state index contributed by atoms with van der Waals surface area (Å²) >= 11 is 3.21. The Kier molecular flexibility index (Phi) is 2.96. The molecule has 1 aromatic carbocycles. The standard InChI is InChI=1S/C11H9BrFNO2/c12-7-3-8-6(1-2-10(15)16)5-14-11(8)9(13)4-7/h3-5,14H,1-2H2,(H,15,16). The third-order valence-corrected chi connectivity index (χ3v) is 2.86. The van der Waals surface area contributed by atoms with Crippen molar-refractivity contribution < 1.29 is 14.3 Å². The van der Waals surface area contributed by atoms with E-state index in [0.29, 0.717) is 16.4 Å². The minimum atomic E-state index is -0.857. The molecule has 0 bridgehead atoms. The largest absolute Gasteiger partial charge is 0.481 e. The van der Waals surface area contributed by atoms with Gasteiger partial charge >= 0.3 is 5.97 Å². The summed E-state index contributed by atoms with van der Waals surface area (Å²) in [5.41, 5.74) is 1.24. The molecule has 3 nitrogen and oxygen atoms in total. The Morgan fingerprint density at radius 1 is 1.50 bits per heavy atom. The van der Waals surface area contributed by atoms with Gasteiger partial charge in [0.05, 0.1) is 5.52 Å². The molecular formula is C11H9BrFNO2. The van der Waals surface area contributed by atoms with Crippen LogP contribution in [0.25, 0.3) is 10.9 Å². The van der Waals surface area contributed by atoms with Crippen molar-refractivity contribution >= 4 is 32.8 Å². The maximum Gasteiger partial charge on any atom is 0.303 e. The number of hydrogen-bond acceptors (Lipinski definition) is 1. The lowest BCUT2D eigenvalue weighted by Gasteiger charge is -1.98. The summed E-state index contributed by atoms with van der Waals surface area (Å²) in [7, 11) is 0. The van der Waals surface area contributed by atoms with Crippen molar-refractivity contribution in [2.75, 3.05) is 0 Å². The molecule has 0 aliphatic carbocycles. The zero-order chi connectivity index (χ0) is 11.7. The van der Waals surface area contributed by atoms with Gasteiger partial charge in [0.15, 0.2) is 0 Å². The fraction of sp³-hybridized carbons (Fsp3) is 0.182. The minimum absolute atomic E-state index is 0.0427. The topological polar surface area (TPSA) is 53.1 Å². The summed E-state index contributed by atoms with van der Waals surface area (Å²) in [5.74, 6) is -1.20. The Bertz CT molecular complexity index is 550. The summed E-state index contributed by atoms with van der Waals surface area (Å²) in [6.45, 7) is 0. The van der Waals surface area contributed by atoms with Crippen LogP contribution in [0.1, 0.15) is 12.0 Å². The summed E-state index contributed by atoms with van der Waals surface area (Å²) in [6.07, 6.45) is 2.09. The van der Waals surface area contributed by atoms with E-state index in [-0.39, 0.29) is 12.2 Å². The second-order valence-corrected chi connectivity index (χ2v) is 4.43. The summed E-state index contributed by atoms with van der Waals surface area (Å²) in [6, 6.07) is 3.16. The van der Waals surface area contributed by atoms with E-state index in [1.165, 1.54) is 6.07 Å². The van der Waals surface area contributed by atoms with E-state index in [2.05, 4.69) is 20.9 Å². The molecule has 0 spiro atoms. The number of aryl methyl sites for hydroxylation is 1. The van der Waals surface area contributed by atoms with Gasteiger partial charge in [-0.25, -0.2) is 4.39 Å². The van der Waals surface area contributed by atoms with Gasteiger partial charge in [-0.1, -0.05) is 15.9 Å². The van der Waals surface area contributed by atoms with Crippen molar-refractivity contribution in [2.45, 2.75) is 12.8 Å². The van der Waals surface area contributed by atoms with Gasteiger partial charge in [0.2, 0.25) is 0 Å². The number of carboxylic acids is 1. The first kappa shape index (κ1) is 11.1. The molecule has 0 radical (unpaired) electrons. The van der Waals surface area contributed by atoms with Gasteiger partial charge in [-0.3, -0.25) is 4.79 Å². The number of hydrogen-bond donors (Lipinski definition) is 2. The van der Waals surface area contributed by atoms with Crippen LogP contribution >= 0.6 is 15.9 Å². The molecule has 1 heterocycles. The van der Waals surface area contributed by atoms with E-state index in [4.69, 9.17) is 5.11 Å². The fourth-order valence-electron chi connectivity index (χ4n) is 1.66. The van der Waals surface area contributed by atoms with Gasteiger partial charge in [-0.15, -0.1) is 0 Å². The Morgan fingerprint density at radius 3 is 2.94 bits per heavy atom. The van der Waals surface area contributed by atoms with Crippen LogP contribution in [-0.2, 0) is 11.2 Å². The SMILES string of the molecule is O=C(O)CCc1c[nH]c2c(F)cc(Br)cc12. The summed E-state index contributed by atoms with van der Waals surface area (Å²) in [5, 5.41) is 9.33. The normalized spacial score (nSPS) is 10.9.